The third-order valence-electron chi connectivity index (χ3n) is 6.67. The van der Waals surface area contributed by atoms with E-state index in [0.29, 0.717) is 52.1 Å². The molecule has 0 saturated carbocycles. The van der Waals surface area contributed by atoms with E-state index in [2.05, 4.69) is 20.0 Å². The van der Waals surface area contributed by atoms with Crippen LogP contribution in [0, 0.1) is 12.3 Å². The lowest BCUT2D eigenvalue weighted by molar-refractivity contribution is -0.160. The van der Waals surface area contributed by atoms with Crippen LogP contribution in [0.25, 0.3) is 10.9 Å². The van der Waals surface area contributed by atoms with Crippen molar-refractivity contribution in [3.63, 3.8) is 0 Å². The molecular weight excluding hydrogens is 571 g/mol. The molecule has 1 amide bonds. The molecule has 14 heteroatoms. The van der Waals surface area contributed by atoms with Gasteiger partial charge in [0.1, 0.15) is 23.9 Å². The van der Waals surface area contributed by atoms with Crippen LogP contribution in [-0.2, 0) is 19.2 Å². The molecule has 0 radical (unpaired) electrons. The normalized spacial score (nSPS) is 21.0. The SMILES string of the molecule is Cc1cc(NS2(=O)=CC3(COC3)C2)cc2ncnc(Nc3ccc(Cl)cc3O[C@H](C)C(=O)N[C@@H](C)C(F)(F)F)c12. The van der Waals surface area contributed by atoms with E-state index in [1.54, 1.807) is 18.2 Å². The Morgan fingerprint density at radius 1 is 1.20 bits per heavy atom. The van der Waals surface area contributed by atoms with Gasteiger partial charge in [-0.2, -0.15) is 13.2 Å². The molecule has 1 aromatic heterocycles. The van der Waals surface area contributed by atoms with Crippen molar-refractivity contribution in [2.45, 2.75) is 39.1 Å². The number of aromatic nitrogens is 2. The number of benzene rings is 2. The number of alkyl halides is 3. The third-order valence-corrected chi connectivity index (χ3v) is 9.37. The maximum atomic E-state index is 13.1. The number of nitrogens with one attached hydrogen (secondary N) is 3. The first kappa shape index (κ1) is 28.2. The largest absolute Gasteiger partial charge is 0.479 e. The zero-order valence-corrected chi connectivity index (χ0v) is 23.3. The minimum absolute atomic E-state index is 0.0810. The molecule has 1 unspecified atom stereocenters. The van der Waals surface area contributed by atoms with Crippen LogP contribution >= 0.6 is 11.6 Å². The summed E-state index contributed by atoms with van der Waals surface area (Å²) in [5.74, 6) is 0.160. The van der Waals surface area contributed by atoms with Crippen LogP contribution < -0.4 is 20.1 Å². The van der Waals surface area contributed by atoms with Crippen molar-refractivity contribution in [1.29, 1.82) is 0 Å². The highest BCUT2D eigenvalue weighted by molar-refractivity contribution is 8.04. The maximum Gasteiger partial charge on any atom is 0.408 e. The summed E-state index contributed by atoms with van der Waals surface area (Å²) >= 11 is 6.14. The molecule has 9 nitrogen and oxygen atoms in total. The average Bonchev–Trinajstić information content (AvgIpc) is 2.82. The Hall–Kier alpha value is -3.29. The number of carbonyl (C=O) groups excluding carboxylic acids is 1. The molecule has 214 valence electrons. The number of nitrogens with zero attached hydrogens (tertiary/aromatic N) is 2. The molecule has 3 atom stereocenters. The molecule has 1 spiro atoms. The topological polar surface area (TPSA) is 114 Å². The lowest BCUT2D eigenvalue weighted by atomic mass is 9.91. The third kappa shape index (κ3) is 5.77. The summed E-state index contributed by atoms with van der Waals surface area (Å²) in [5, 5.41) is 7.90. The van der Waals surface area contributed by atoms with Crippen molar-refractivity contribution in [3.8, 4) is 5.75 Å². The second-order valence-corrected chi connectivity index (χ2v) is 12.8. The van der Waals surface area contributed by atoms with Crippen LogP contribution in [0.1, 0.15) is 19.4 Å². The van der Waals surface area contributed by atoms with Crippen molar-refractivity contribution in [1.82, 2.24) is 15.3 Å². The van der Waals surface area contributed by atoms with E-state index in [1.807, 2.05) is 23.7 Å². The Morgan fingerprint density at radius 3 is 2.58 bits per heavy atom. The molecule has 2 aliphatic rings. The Morgan fingerprint density at radius 2 is 1.93 bits per heavy atom. The second kappa shape index (κ2) is 10.3. The van der Waals surface area contributed by atoms with Gasteiger partial charge in [-0.1, -0.05) is 11.6 Å². The van der Waals surface area contributed by atoms with Crippen molar-refractivity contribution >= 4 is 60.7 Å². The number of hydrogen-bond donors (Lipinski definition) is 3. The van der Waals surface area contributed by atoms with E-state index in [9.17, 15) is 22.2 Å². The van der Waals surface area contributed by atoms with Crippen LogP contribution in [0.2, 0.25) is 5.02 Å². The van der Waals surface area contributed by atoms with E-state index in [-0.39, 0.29) is 11.2 Å². The second-order valence-electron chi connectivity index (χ2n) is 10.2. The molecular formula is C26H27ClF3N5O4S. The minimum Gasteiger partial charge on any atom is -0.479 e. The lowest BCUT2D eigenvalue weighted by Crippen LogP contribution is -2.58. The Balaban J connectivity index is 1.38. The van der Waals surface area contributed by atoms with E-state index in [4.69, 9.17) is 21.1 Å². The number of carbonyl (C=O) groups is 1. The van der Waals surface area contributed by atoms with Crippen molar-refractivity contribution in [2.24, 2.45) is 5.41 Å². The molecule has 3 heterocycles. The number of hydrogen-bond acceptors (Lipinski definition) is 7. The number of fused-ring (bicyclic) bond motifs is 1. The van der Waals surface area contributed by atoms with Crippen molar-refractivity contribution < 1.29 is 31.6 Å². The molecule has 40 heavy (non-hydrogen) atoms. The van der Waals surface area contributed by atoms with E-state index < -0.39 is 33.9 Å². The number of halogens is 4. The highest BCUT2D eigenvalue weighted by atomic mass is 35.5. The van der Waals surface area contributed by atoms with E-state index >= 15 is 0 Å². The number of anilines is 3. The molecule has 5 rings (SSSR count). The van der Waals surface area contributed by atoms with Gasteiger partial charge in [-0.25, -0.2) is 14.2 Å². The molecule has 1 fully saturated rings. The van der Waals surface area contributed by atoms with Crippen LogP contribution in [0.3, 0.4) is 0 Å². The Labute approximate surface area is 233 Å². The minimum atomic E-state index is -4.58. The fourth-order valence-electron chi connectivity index (χ4n) is 4.61. The van der Waals surface area contributed by atoms with Crippen LogP contribution in [0.15, 0.2) is 36.7 Å². The molecule has 3 aromatic rings. The number of amides is 1. The summed E-state index contributed by atoms with van der Waals surface area (Å²) in [6.45, 7) is 5.25. The van der Waals surface area contributed by atoms with Crippen molar-refractivity contribution in [3.05, 3.63) is 47.2 Å². The Bertz CT molecular complexity index is 1610. The standard InChI is InChI=1S/C26H27ClF3N5O4S/c1-14-6-18(35-40(37)11-25(12-40)9-38-10-25)8-20-22(14)23(32-13-31-20)34-19-5-4-17(27)7-21(19)39-15(2)24(36)33-16(3)26(28,29)30/h4-8,11,13,15-16H,9-10,12H2,1-3H3,(H,33,36)(H,35,37)(H,31,32,34)/t15-,16+,40?/m1/s1. The van der Waals surface area contributed by atoms with Gasteiger partial charge >= 0.3 is 6.18 Å². The van der Waals surface area contributed by atoms with Gasteiger partial charge in [0.2, 0.25) is 0 Å². The summed E-state index contributed by atoms with van der Waals surface area (Å²) in [6.07, 6.45) is -4.47. The average molecular weight is 598 g/mol. The van der Waals surface area contributed by atoms with Crippen LogP contribution in [-0.4, -0.2) is 62.7 Å². The van der Waals surface area contributed by atoms with Crippen molar-refractivity contribution in [2.75, 3.05) is 29.0 Å². The zero-order chi connectivity index (χ0) is 28.9. The first-order valence-electron chi connectivity index (χ1n) is 12.3. The fourth-order valence-corrected chi connectivity index (χ4v) is 7.34. The summed E-state index contributed by atoms with van der Waals surface area (Å²) in [4.78, 5) is 21.1. The molecule has 2 aromatic carbocycles. The van der Waals surface area contributed by atoms with Gasteiger partial charge in [0.15, 0.2) is 6.10 Å². The summed E-state index contributed by atoms with van der Waals surface area (Å²) < 4.78 is 65.8. The summed E-state index contributed by atoms with van der Waals surface area (Å²) in [7, 11) is -2.34. The summed E-state index contributed by atoms with van der Waals surface area (Å²) in [5.41, 5.74) is 2.36. The Kier molecular flexibility index (Phi) is 7.26. The quantitative estimate of drug-likeness (QED) is 0.325. The molecule has 0 bridgehead atoms. The van der Waals surface area contributed by atoms with Gasteiger partial charge in [0.25, 0.3) is 5.91 Å². The summed E-state index contributed by atoms with van der Waals surface area (Å²) in [6, 6.07) is 6.25. The van der Waals surface area contributed by atoms with E-state index in [1.165, 1.54) is 19.3 Å². The maximum absolute atomic E-state index is 13.1. The van der Waals surface area contributed by atoms with Crippen LogP contribution in [0.5, 0.6) is 5.75 Å². The smallest absolute Gasteiger partial charge is 0.408 e. The first-order valence-corrected chi connectivity index (χ1v) is 14.5. The van der Waals surface area contributed by atoms with Gasteiger partial charge in [-0.15, -0.1) is 0 Å². The molecule has 2 aliphatic heterocycles. The highest BCUT2D eigenvalue weighted by Gasteiger charge is 2.47. The number of ether oxygens (including phenoxy) is 2. The van der Waals surface area contributed by atoms with Gasteiger partial charge in [0.05, 0.1) is 39.5 Å². The fraction of sp³-hybridized carbons (Fsp3) is 0.385. The van der Waals surface area contributed by atoms with Gasteiger partial charge in [-0.3, -0.25) is 4.79 Å². The molecule has 3 N–H and O–H groups in total. The monoisotopic (exact) mass is 597 g/mol. The predicted octanol–water partition coefficient (Wildman–Crippen LogP) is 4.61. The molecule has 0 aliphatic carbocycles. The van der Waals surface area contributed by atoms with Gasteiger partial charge in [-0.05, 0) is 56.0 Å². The van der Waals surface area contributed by atoms with E-state index in [0.717, 1.165) is 12.5 Å². The van der Waals surface area contributed by atoms with Gasteiger partial charge in [0, 0.05) is 27.9 Å². The number of rotatable bonds is 8. The van der Waals surface area contributed by atoms with Gasteiger partial charge < -0.3 is 24.8 Å². The number of aryl methyl sites for hydroxylation is 1. The first-order chi connectivity index (χ1) is 18.8. The predicted molar refractivity (Wildman–Crippen MR) is 149 cm³/mol. The molecule has 1 saturated heterocycles. The lowest BCUT2D eigenvalue weighted by Gasteiger charge is -2.46. The zero-order valence-electron chi connectivity index (χ0n) is 21.8. The highest BCUT2D eigenvalue weighted by Crippen LogP contribution is 2.38. The van der Waals surface area contributed by atoms with Crippen LogP contribution in [0.4, 0.5) is 30.4 Å².